The molecule has 2 N–H and O–H groups in total. The van der Waals surface area contributed by atoms with Gasteiger partial charge in [-0.15, -0.1) is 0 Å². The van der Waals surface area contributed by atoms with E-state index in [-0.39, 0.29) is 29.9 Å². The highest BCUT2D eigenvalue weighted by atomic mass is 35.5. The third-order valence-electron chi connectivity index (χ3n) is 3.39. The van der Waals surface area contributed by atoms with Crippen LogP contribution in [0.3, 0.4) is 0 Å². The maximum absolute atomic E-state index is 11.9. The topological polar surface area (TPSA) is 58.6 Å². The van der Waals surface area contributed by atoms with E-state index < -0.39 is 5.54 Å². The molecule has 0 fully saturated rings. The van der Waals surface area contributed by atoms with E-state index in [0.29, 0.717) is 22.9 Å². The summed E-state index contributed by atoms with van der Waals surface area (Å²) in [6.07, 6.45) is 1.25. The number of aliphatic hydroxyl groups excluding tert-OH is 1. The number of halogens is 3. The standard InChI is InChI=1S/C14H18Cl3NO3/c1-3-14(4-2,8-19)18-13(20)7-21-12-6-10(16)9(15)5-11(12)17/h5-6,19H,3-4,7-8H2,1-2H3,(H,18,20). The van der Waals surface area contributed by atoms with Crippen LogP contribution in [0.4, 0.5) is 0 Å². The number of hydrogen-bond donors (Lipinski definition) is 2. The van der Waals surface area contributed by atoms with Gasteiger partial charge in [0.05, 0.1) is 27.2 Å². The maximum atomic E-state index is 11.9. The van der Waals surface area contributed by atoms with Crippen molar-refractivity contribution in [3.63, 3.8) is 0 Å². The molecule has 0 saturated carbocycles. The number of rotatable bonds is 7. The Kier molecular flexibility index (Phi) is 7.07. The van der Waals surface area contributed by atoms with E-state index in [1.165, 1.54) is 12.1 Å². The zero-order chi connectivity index (χ0) is 16.0. The molecular weight excluding hydrogens is 337 g/mol. The lowest BCUT2D eigenvalue weighted by Crippen LogP contribution is -2.51. The molecule has 21 heavy (non-hydrogen) atoms. The van der Waals surface area contributed by atoms with Gasteiger partial charge in [-0.05, 0) is 18.9 Å². The van der Waals surface area contributed by atoms with Gasteiger partial charge in [0.2, 0.25) is 0 Å². The lowest BCUT2D eigenvalue weighted by Gasteiger charge is -2.30. The molecule has 0 aromatic heterocycles. The minimum absolute atomic E-state index is 0.126. The minimum Gasteiger partial charge on any atom is -0.482 e. The van der Waals surface area contributed by atoms with Crippen LogP contribution in [0.15, 0.2) is 12.1 Å². The molecular formula is C14H18Cl3NO3. The number of benzene rings is 1. The van der Waals surface area contributed by atoms with Gasteiger partial charge in [0.25, 0.3) is 5.91 Å². The van der Waals surface area contributed by atoms with Crippen LogP contribution in [0.25, 0.3) is 0 Å². The van der Waals surface area contributed by atoms with Crippen LogP contribution in [0.1, 0.15) is 26.7 Å². The van der Waals surface area contributed by atoms with Crippen molar-refractivity contribution in [3.8, 4) is 5.75 Å². The van der Waals surface area contributed by atoms with Crippen molar-refractivity contribution >= 4 is 40.7 Å². The van der Waals surface area contributed by atoms with Crippen molar-refractivity contribution < 1.29 is 14.6 Å². The SMILES string of the molecule is CCC(CC)(CO)NC(=O)COc1cc(Cl)c(Cl)cc1Cl. The van der Waals surface area contributed by atoms with Gasteiger partial charge in [-0.3, -0.25) is 4.79 Å². The molecule has 0 radical (unpaired) electrons. The molecule has 1 amide bonds. The number of carbonyl (C=O) groups excluding carboxylic acids is 1. The summed E-state index contributed by atoms with van der Waals surface area (Å²) in [4.78, 5) is 11.9. The van der Waals surface area contributed by atoms with E-state index in [4.69, 9.17) is 39.5 Å². The smallest absolute Gasteiger partial charge is 0.258 e. The van der Waals surface area contributed by atoms with Gasteiger partial charge in [0.1, 0.15) is 5.75 Å². The molecule has 0 spiro atoms. The first-order valence-electron chi connectivity index (χ1n) is 6.56. The second-order valence-corrected chi connectivity index (χ2v) is 5.90. The fourth-order valence-corrected chi connectivity index (χ4v) is 2.37. The first-order chi connectivity index (χ1) is 9.87. The Bertz CT molecular complexity index is 496. The molecule has 0 heterocycles. The lowest BCUT2D eigenvalue weighted by atomic mass is 9.94. The van der Waals surface area contributed by atoms with Crippen molar-refractivity contribution in [2.45, 2.75) is 32.2 Å². The van der Waals surface area contributed by atoms with Crippen LogP contribution in [0, 0.1) is 0 Å². The molecule has 1 aromatic carbocycles. The molecule has 0 bridgehead atoms. The monoisotopic (exact) mass is 353 g/mol. The van der Waals surface area contributed by atoms with Gasteiger partial charge in [0.15, 0.2) is 6.61 Å². The second kappa shape index (κ2) is 8.08. The number of aliphatic hydroxyl groups is 1. The molecule has 4 nitrogen and oxygen atoms in total. The maximum Gasteiger partial charge on any atom is 0.258 e. The molecule has 1 aromatic rings. The van der Waals surface area contributed by atoms with Gasteiger partial charge in [-0.1, -0.05) is 48.7 Å². The van der Waals surface area contributed by atoms with E-state index >= 15 is 0 Å². The van der Waals surface area contributed by atoms with Crippen molar-refractivity contribution in [3.05, 3.63) is 27.2 Å². The largest absolute Gasteiger partial charge is 0.482 e. The van der Waals surface area contributed by atoms with Gasteiger partial charge in [-0.25, -0.2) is 0 Å². The van der Waals surface area contributed by atoms with E-state index in [0.717, 1.165) is 0 Å². The van der Waals surface area contributed by atoms with Crippen LogP contribution < -0.4 is 10.1 Å². The van der Waals surface area contributed by atoms with E-state index in [1.54, 1.807) is 0 Å². The zero-order valence-electron chi connectivity index (χ0n) is 11.9. The first-order valence-corrected chi connectivity index (χ1v) is 7.70. The Balaban J connectivity index is 2.67. The summed E-state index contributed by atoms with van der Waals surface area (Å²) in [6, 6.07) is 2.91. The van der Waals surface area contributed by atoms with Crippen molar-refractivity contribution in [1.29, 1.82) is 0 Å². The molecule has 0 atom stereocenters. The summed E-state index contributed by atoms with van der Waals surface area (Å²) in [5.74, 6) is -0.0568. The Hall–Kier alpha value is -0.680. The summed E-state index contributed by atoms with van der Waals surface area (Å²) < 4.78 is 5.35. The Morgan fingerprint density at radius 1 is 1.19 bits per heavy atom. The highest BCUT2D eigenvalue weighted by Crippen LogP contribution is 2.33. The highest BCUT2D eigenvalue weighted by Gasteiger charge is 2.27. The summed E-state index contributed by atoms with van der Waals surface area (Å²) >= 11 is 17.6. The molecule has 118 valence electrons. The predicted octanol–water partition coefficient (Wildman–Crippen LogP) is 3.69. The van der Waals surface area contributed by atoms with Crippen LogP contribution >= 0.6 is 34.8 Å². The first kappa shape index (κ1) is 18.4. The van der Waals surface area contributed by atoms with E-state index in [2.05, 4.69) is 5.32 Å². The number of amides is 1. The van der Waals surface area contributed by atoms with Crippen LogP contribution in [-0.2, 0) is 4.79 Å². The zero-order valence-corrected chi connectivity index (χ0v) is 14.1. The van der Waals surface area contributed by atoms with Gasteiger partial charge >= 0.3 is 0 Å². The Morgan fingerprint density at radius 2 is 1.76 bits per heavy atom. The highest BCUT2D eigenvalue weighted by molar-refractivity contribution is 6.43. The van der Waals surface area contributed by atoms with Crippen LogP contribution in [0.2, 0.25) is 15.1 Å². The fourth-order valence-electron chi connectivity index (χ4n) is 1.78. The van der Waals surface area contributed by atoms with E-state index in [9.17, 15) is 9.90 Å². The summed E-state index contributed by atoms with van der Waals surface area (Å²) in [6.45, 7) is 3.45. The Morgan fingerprint density at radius 3 is 2.29 bits per heavy atom. The molecule has 7 heteroatoms. The normalized spacial score (nSPS) is 11.3. The van der Waals surface area contributed by atoms with Gasteiger partial charge in [-0.2, -0.15) is 0 Å². The quantitative estimate of drug-likeness (QED) is 0.734. The summed E-state index contributed by atoms with van der Waals surface area (Å²) in [5, 5.41) is 13.1. The Labute approximate surface area is 139 Å². The van der Waals surface area contributed by atoms with Crippen molar-refractivity contribution in [2.75, 3.05) is 13.2 Å². The molecule has 0 aliphatic heterocycles. The minimum atomic E-state index is -0.623. The fraction of sp³-hybridized carbons (Fsp3) is 0.500. The third kappa shape index (κ3) is 4.92. The average Bonchev–Trinajstić information content (AvgIpc) is 2.47. The number of hydrogen-bond acceptors (Lipinski definition) is 3. The number of nitrogens with one attached hydrogen (secondary N) is 1. The third-order valence-corrected chi connectivity index (χ3v) is 4.41. The lowest BCUT2D eigenvalue weighted by molar-refractivity contribution is -0.125. The number of carbonyl (C=O) groups is 1. The van der Waals surface area contributed by atoms with Crippen molar-refractivity contribution in [1.82, 2.24) is 5.32 Å². The van der Waals surface area contributed by atoms with Crippen LogP contribution in [-0.4, -0.2) is 29.8 Å². The predicted molar refractivity (Wildman–Crippen MR) is 85.5 cm³/mol. The number of ether oxygens (including phenoxy) is 1. The molecule has 0 aliphatic rings. The molecule has 1 rings (SSSR count). The molecule has 0 saturated heterocycles. The van der Waals surface area contributed by atoms with E-state index in [1.807, 2.05) is 13.8 Å². The molecule has 0 unspecified atom stereocenters. The molecule has 0 aliphatic carbocycles. The van der Waals surface area contributed by atoms with Crippen LogP contribution in [0.5, 0.6) is 5.75 Å². The average molecular weight is 355 g/mol. The van der Waals surface area contributed by atoms with Crippen molar-refractivity contribution in [2.24, 2.45) is 0 Å². The second-order valence-electron chi connectivity index (χ2n) is 4.68. The summed E-state index contributed by atoms with van der Waals surface area (Å²) in [5.41, 5.74) is -0.623. The van der Waals surface area contributed by atoms with Gasteiger partial charge < -0.3 is 15.2 Å². The van der Waals surface area contributed by atoms with Gasteiger partial charge in [0, 0.05) is 6.07 Å². The summed E-state index contributed by atoms with van der Waals surface area (Å²) in [7, 11) is 0.